The zero-order valence-electron chi connectivity index (χ0n) is 19.7. The molecule has 0 saturated carbocycles. The Morgan fingerprint density at radius 3 is 2.37 bits per heavy atom. The van der Waals surface area contributed by atoms with Gasteiger partial charge >= 0.3 is 5.97 Å². The molecule has 7 nitrogen and oxygen atoms in total. The Hall–Kier alpha value is -3.65. The van der Waals surface area contributed by atoms with Gasteiger partial charge in [-0.15, -0.1) is 0 Å². The van der Waals surface area contributed by atoms with Gasteiger partial charge < -0.3 is 10.1 Å². The molecule has 3 aromatic carbocycles. The van der Waals surface area contributed by atoms with E-state index in [0.29, 0.717) is 35.5 Å². The van der Waals surface area contributed by atoms with Crippen molar-refractivity contribution in [1.82, 2.24) is 0 Å². The lowest BCUT2D eigenvalue weighted by Gasteiger charge is -2.24. The van der Waals surface area contributed by atoms with E-state index >= 15 is 0 Å². The van der Waals surface area contributed by atoms with Crippen LogP contribution in [0.25, 0.3) is 0 Å². The average molecular weight is 493 g/mol. The summed E-state index contributed by atoms with van der Waals surface area (Å²) >= 11 is 0. The standard InChI is InChI=1S/C27H28N2O5S/c1-3-4-16-34-27(31)20-10-13-23(14-11-20)28-26(30)21-12-15-25-22(18-21)17-19(2)29(25)35(32,33)24-8-6-5-7-9-24/h5-15,18-19H,3-4,16-17H2,1-2H3,(H,28,30)/t19-/m0/s1. The summed E-state index contributed by atoms with van der Waals surface area (Å²) in [6.07, 6.45) is 2.27. The molecule has 0 spiro atoms. The first-order chi connectivity index (χ1) is 16.8. The molecule has 1 aliphatic heterocycles. The summed E-state index contributed by atoms with van der Waals surface area (Å²) in [6.45, 7) is 4.26. The van der Waals surface area contributed by atoms with Gasteiger partial charge in [-0.3, -0.25) is 9.10 Å². The van der Waals surface area contributed by atoms with E-state index in [9.17, 15) is 18.0 Å². The van der Waals surface area contributed by atoms with E-state index in [-0.39, 0.29) is 22.8 Å². The first-order valence-corrected chi connectivity index (χ1v) is 13.1. The van der Waals surface area contributed by atoms with E-state index in [1.54, 1.807) is 72.8 Å². The summed E-state index contributed by atoms with van der Waals surface area (Å²) in [7, 11) is -3.71. The van der Waals surface area contributed by atoms with Crippen LogP contribution in [0.2, 0.25) is 0 Å². The van der Waals surface area contributed by atoms with E-state index in [2.05, 4.69) is 5.32 Å². The van der Waals surface area contributed by atoms with Crippen LogP contribution in [-0.2, 0) is 21.2 Å². The highest BCUT2D eigenvalue weighted by atomic mass is 32.2. The van der Waals surface area contributed by atoms with Crippen LogP contribution in [-0.4, -0.2) is 32.9 Å². The maximum Gasteiger partial charge on any atom is 0.338 e. The van der Waals surface area contributed by atoms with Crippen molar-refractivity contribution >= 4 is 33.3 Å². The summed E-state index contributed by atoms with van der Waals surface area (Å²) in [5, 5.41) is 2.82. The van der Waals surface area contributed by atoms with Crippen molar-refractivity contribution in [2.24, 2.45) is 0 Å². The molecule has 35 heavy (non-hydrogen) atoms. The molecule has 4 rings (SSSR count). The third kappa shape index (κ3) is 5.22. The van der Waals surface area contributed by atoms with Crippen LogP contribution < -0.4 is 9.62 Å². The van der Waals surface area contributed by atoms with E-state index in [0.717, 1.165) is 18.4 Å². The van der Waals surface area contributed by atoms with E-state index < -0.39 is 10.0 Å². The van der Waals surface area contributed by atoms with Crippen LogP contribution in [0.5, 0.6) is 0 Å². The maximum absolute atomic E-state index is 13.2. The van der Waals surface area contributed by atoms with E-state index in [1.807, 2.05) is 13.8 Å². The number of esters is 1. The number of hydrogen-bond acceptors (Lipinski definition) is 5. The van der Waals surface area contributed by atoms with Crippen molar-refractivity contribution in [3.63, 3.8) is 0 Å². The monoisotopic (exact) mass is 492 g/mol. The second-order valence-corrected chi connectivity index (χ2v) is 10.3. The predicted molar refractivity (Wildman–Crippen MR) is 135 cm³/mol. The zero-order valence-corrected chi connectivity index (χ0v) is 20.5. The number of amides is 1. The van der Waals surface area contributed by atoms with Crippen LogP contribution in [0, 0.1) is 0 Å². The van der Waals surface area contributed by atoms with Crippen molar-refractivity contribution in [1.29, 1.82) is 0 Å². The number of nitrogens with one attached hydrogen (secondary N) is 1. The van der Waals surface area contributed by atoms with Gasteiger partial charge in [0.15, 0.2) is 0 Å². The van der Waals surface area contributed by atoms with Gasteiger partial charge in [-0.1, -0.05) is 31.5 Å². The first kappa shape index (κ1) is 24.5. The van der Waals surface area contributed by atoms with Gasteiger partial charge in [0.25, 0.3) is 15.9 Å². The molecule has 0 fully saturated rings. The van der Waals surface area contributed by atoms with Crippen LogP contribution >= 0.6 is 0 Å². The summed E-state index contributed by atoms with van der Waals surface area (Å²) in [5.74, 6) is -0.706. The minimum atomic E-state index is -3.71. The van der Waals surface area contributed by atoms with Gasteiger partial charge in [0.05, 0.1) is 22.8 Å². The molecule has 1 amide bonds. The number of carbonyl (C=O) groups excluding carboxylic acids is 2. The molecule has 8 heteroatoms. The minimum absolute atomic E-state index is 0.235. The number of nitrogens with zero attached hydrogens (tertiary/aromatic N) is 1. The van der Waals surface area contributed by atoms with Gasteiger partial charge in [-0.2, -0.15) is 0 Å². The Morgan fingerprint density at radius 2 is 1.69 bits per heavy atom. The van der Waals surface area contributed by atoms with Gasteiger partial charge in [-0.25, -0.2) is 13.2 Å². The molecule has 182 valence electrons. The minimum Gasteiger partial charge on any atom is -0.462 e. The summed E-state index contributed by atoms with van der Waals surface area (Å²) in [4.78, 5) is 25.1. The van der Waals surface area contributed by atoms with Crippen molar-refractivity contribution < 1.29 is 22.7 Å². The van der Waals surface area contributed by atoms with Crippen molar-refractivity contribution in [3.05, 3.63) is 89.5 Å². The number of anilines is 2. The number of hydrogen-bond donors (Lipinski definition) is 1. The molecular formula is C27H28N2O5S. The Labute approximate surface area is 205 Å². The summed E-state index contributed by atoms with van der Waals surface area (Å²) in [6, 6.07) is 19.6. The molecule has 1 N–H and O–H groups in total. The fraction of sp³-hybridized carbons (Fsp3) is 0.259. The quantitative estimate of drug-likeness (QED) is 0.351. The fourth-order valence-electron chi connectivity index (χ4n) is 4.10. The third-order valence-electron chi connectivity index (χ3n) is 5.90. The molecule has 0 radical (unpaired) electrons. The number of sulfonamides is 1. The Morgan fingerprint density at radius 1 is 1.00 bits per heavy atom. The first-order valence-electron chi connectivity index (χ1n) is 11.6. The molecule has 0 aliphatic carbocycles. The van der Waals surface area contributed by atoms with Crippen LogP contribution in [0.15, 0.2) is 77.7 Å². The molecule has 1 atom stereocenters. The molecule has 1 heterocycles. The third-order valence-corrected chi connectivity index (χ3v) is 7.85. The highest BCUT2D eigenvalue weighted by Gasteiger charge is 2.36. The number of benzene rings is 3. The van der Waals surface area contributed by atoms with Crippen molar-refractivity contribution in [2.45, 2.75) is 44.0 Å². The van der Waals surface area contributed by atoms with E-state index in [1.165, 1.54) is 4.31 Å². The van der Waals surface area contributed by atoms with Gasteiger partial charge in [0, 0.05) is 17.3 Å². The van der Waals surface area contributed by atoms with Crippen molar-refractivity contribution in [2.75, 3.05) is 16.2 Å². The molecule has 0 unspecified atom stereocenters. The average Bonchev–Trinajstić information content (AvgIpc) is 3.20. The Kier molecular flexibility index (Phi) is 7.21. The summed E-state index contributed by atoms with van der Waals surface area (Å²) in [5.41, 5.74) is 2.78. The van der Waals surface area contributed by atoms with E-state index in [4.69, 9.17) is 4.74 Å². The molecular weight excluding hydrogens is 464 g/mol. The van der Waals surface area contributed by atoms with Crippen LogP contribution in [0.1, 0.15) is 53.0 Å². The van der Waals surface area contributed by atoms with Gasteiger partial charge in [0.2, 0.25) is 0 Å². The number of unbranched alkanes of at least 4 members (excludes halogenated alkanes) is 1. The van der Waals surface area contributed by atoms with Crippen LogP contribution in [0.3, 0.4) is 0 Å². The molecule has 0 aromatic heterocycles. The maximum atomic E-state index is 13.2. The largest absolute Gasteiger partial charge is 0.462 e. The number of rotatable bonds is 8. The molecule has 1 aliphatic rings. The SMILES string of the molecule is CCCCOC(=O)c1ccc(NC(=O)c2ccc3c(c2)C[C@H](C)N3S(=O)(=O)c2ccccc2)cc1. The lowest BCUT2D eigenvalue weighted by Crippen LogP contribution is -2.35. The lowest BCUT2D eigenvalue weighted by molar-refractivity contribution is 0.0499. The number of ether oxygens (including phenoxy) is 1. The predicted octanol–water partition coefficient (Wildman–Crippen LogP) is 5.04. The lowest BCUT2D eigenvalue weighted by atomic mass is 10.1. The topological polar surface area (TPSA) is 92.8 Å². The number of fused-ring (bicyclic) bond motifs is 1. The van der Waals surface area contributed by atoms with Gasteiger partial charge in [-0.05, 0) is 79.9 Å². The smallest absolute Gasteiger partial charge is 0.338 e. The summed E-state index contributed by atoms with van der Waals surface area (Å²) < 4.78 is 33.1. The second kappa shape index (κ2) is 10.3. The Balaban J connectivity index is 1.48. The highest BCUT2D eigenvalue weighted by molar-refractivity contribution is 7.92. The van der Waals surface area contributed by atoms with Crippen LogP contribution in [0.4, 0.5) is 11.4 Å². The second-order valence-electron chi connectivity index (χ2n) is 8.53. The fourth-order valence-corrected chi connectivity index (χ4v) is 5.82. The number of carbonyl (C=O) groups is 2. The molecule has 0 bridgehead atoms. The zero-order chi connectivity index (χ0) is 25.0. The van der Waals surface area contributed by atoms with Crippen molar-refractivity contribution in [3.8, 4) is 0 Å². The highest BCUT2D eigenvalue weighted by Crippen LogP contribution is 2.37. The molecule has 3 aromatic rings. The Bertz CT molecular complexity index is 1320. The molecule has 0 saturated heterocycles. The normalized spacial score (nSPS) is 14.9. The van der Waals surface area contributed by atoms with Gasteiger partial charge in [0.1, 0.15) is 0 Å².